The van der Waals surface area contributed by atoms with Crippen LogP contribution in [-0.2, 0) is 11.2 Å². The number of hydrogen-bond acceptors (Lipinski definition) is 3. The number of carboxylic acids is 1. The first-order valence-electron chi connectivity index (χ1n) is 11.2. The number of hydrogen-bond donors (Lipinski definition) is 1. The molecule has 0 amide bonds. The maximum atomic E-state index is 10.7. The zero-order valence-electron chi connectivity index (χ0n) is 19.6. The third kappa shape index (κ3) is 6.13. The number of carboxylic acid groups (broad SMARTS) is 1. The van der Waals surface area contributed by atoms with Crippen LogP contribution in [0, 0.1) is 0 Å². The maximum Gasteiger partial charge on any atom is 0.303 e. The molecule has 0 atom stereocenters. The van der Waals surface area contributed by atoms with Gasteiger partial charge < -0.3 is 14.9 Å². The second-order valence-electron chi connectivity index (χ2n) is 8.75. The van der Waals surface area contributed by atoms with Crippen molar-refractivity contribution in [1.29, 1.82) is 0 Å². The molecule has 0 aliphatic heterocycles. The first-order chi connectivity index (χ1) is 15.3. The highest BCUT2D eigenvalue weighted by Crippen LogP contribution is 2.34. The molecule has 4 heteroatoms. The van der Waals surface area contributed by atoms with Crippen molar-refractivity contribution in [2.45, 2.75) is 31.6 Å². The third-order valence-corrected chi connectivity index (χ3v) is 5.90. The molecular formula is C28H34N2O2. The second-order valence-corrected chi connectivity index (χ2v) is 8.75. The van der Waals surface area contributed by atoms with Crippen LogP contribution in [0.2, 0.25) is 0 Å². The number of carbonyl (C=O) groups is 1. The minimum atomic E-state index is -0.719. The maximum absolute atomic E-state index is 10.7. The first-order valence-corrected chi connectivity index (χ1v) is 11.2. The van der Waals surface area contributed by atoms with Crippen LogP contribution < -0.4 is 9.80 Å². The molecule has 0 saturated carbocycles. The summed E-state index contributed by atoms with van der Waals surface area (Å²) in [4.78, 5) is 14.9. The van der Waals surface area contributed by atoms with Crippen LogP contribution in [0.4, 0.5) is 11.4 Å². The van der Waals surface area contributed by atoms with E-state index >= 15 is 0 Å². The predicted molar refractivity (Wildman–Crippen MR) is 134 cm³/mol. The molecule has 0 aliphatic rings. The van der Waals surface area contributed by atoms with E-state index in [1.54, 1.807) is 0 Å². The monoisotopic (exact) mass is 430 g/mol. The molecule has 3 aromatic rings. The zero-order chi connectivity index (χ0) is 23.1. The largest absolute Gasteiger partial charge is 0.481 e. The number of aliphatic carboxylic acids is 1. The van der Waals surface area contributed by atoms with Crippen molar-refractivity contribution in [3.8, 4) is 0 Å². The molecule has 0 fully saturated rings. The van der Waals surface area contributed by atoms with Gasteiger partial charge in [-0.1, -0.05) is 48.5 Å². The van der Waals surface area contributed by atoms with Crippen LogP contribution in [0.1, 0.15) is 47.4 Å². The lowest BCUT2D eigenvalue weighted by atomic mass is 9.84. The van der Waals surface area contributed by atoms with Crippen LogP contribution in [0.25, 0.3) is 0 Å². The Bertz CT molecular complexity index is 940. The Morgan fingerprint density at radius 3 is 1.47 bits per heavy atom. The van der Waals surface area contributed by atoms with Gasteiger partial charge >= 0.3 is 5.97 Å². The van der Waals surface area contributed by atoms with Crippen molar-refractivity contribution < 1.29 is 9.90 Å². The van der Waals surface area contributed by atoms with E-state index in [0.717, 1.165) is 19.3 Å². The van der Waals surface area contributed by atoms with Gasteiger partial charge in [-0.2, -0.15) is 0 Å². The van der Waals surface area contributed by atoms with E-state index in [1.807, 2.05) is 0 Å². The molecule has 0 aliphatic carbocycles. The Morgan fingerprint density at radius 1 is 0.688 bits per heavy atom. The van der Waals surface area contributed by atoms with Gasteiger partial charge in [-0.15, -0.1) is 0 Å². The van der Waals surface area contributed by atoms with Crippen molar-refractivity contribution in [3.05, 3.63) is 95.1 Å². The molecule has 3 aromatic carbocycles. The number of nitrogens with zero attached hydrogens (tertiary/aromatic N) is 2. The molecule has 0 spiro atoms. The molecular weight excluding hydrogens is 396 g/mol. The topological polar surface area (TPSA) is 43.8 Å². The van der Waals surface area contributed by atoms with Crippen LogP contribution in [0.5, 0.6) is 0 Å². The highest BCUT2D eigenvalue weighted by atomic mass is 16.4. The van der Waals surface area contributed by atoms with Gasteiger partial charge in [0.15, 0.2) is 0 Å². The molecule has 3 rings (SSSR count). The van der Waals surface area contributed by atoms with Gasteiger partial charge in [-0.25, -0.2) is 0 Å². The fraction of sp³-hybridized carbons (Fsp3) is 0.321. The number of anilines is 2. The minimum absolute atomic E-state index is 0.156. The molecule has 0 unspecified atom stereocenters. The van der Waals surface area contributed by atoms with Gasteiger partial charge in [-0.3, -0.25) is 4.79 Å². The first kappa shape index (κ1) is 23.4. The fourth-order valence-corrected chi connectivity index (χ4v) is 3.99. The molecule has 0 bridgehead atoms. The number of aryl methyl sites for hydroxylation is 1. The molecule has 0 saturated heterocycles. The lowest BCUT2D eigenvalue weighted by molar-refractivity contribution is -0.137. The minimum Gasteiger partial charge on any atom is -0.481 e. The lowest BCUT2D eigenvalue weighted by Crippen LogP contribution is -2.10. The Kier molecular flexibility index (Phi) is 7.93. The van der Waals surface area contributed by atoms with Crippen molar-refractivity contribution in [2.75, 3.05) is 38.0 Å². The molecule has 4 nitrogen and oxygen atoms in total. The zero-order valence-corrected chi connectivity index (χ0v) is 19.6. The van der Waals surface area contributed by atoms with E-state index in [1.165, 1.54) is 33.6 Å². The van der Waals surface area contributed by atoms with Gasteiger partial charge in [0.05, 0.1) is 0 Å². The highest BCUT2D eigenvalue weighted by Gasteiger charge is 2.17. The van der Waals surface area contributed by atoms with Crippen LogP contribution in [0.15, 0.2) is 72.8 Å². The van der Waals surface area contributed by atoms with E-state index in [4.69, 9.17) is 5.11 Å². The normalized spacial score (nSPS) is 10.9. The average molecular weight is 431 g/mol. The summed E-state index contributed by atoms with van der Waals surface area (Å²) in [6.07, 6.45) is 2.77. The van der Waals surface area contributed by atoms with Gasteiger partial charge in [0.25, 0.3) is 0 Å². The van der Waals surface area contributed by atoms with Crippen molar-refractivity contribution >= 4 is 17.3 Å². The summed E-state index contributed by atoms with van der Waals surface area (Å²) in [6, 6.07) is 26.4. The molecule has 168 valence electrons. The number of benzene rings is 3. The van der Waals surface area contributed by atoms with E-state index in [9.17, 15) is 4.79 Å². The average Bonchev–Trinajstić information content (AvgIpc) is 2.78. The highest BCUT2D eigenvalue weighted by molar-refractivity contribution is 5.66. The summed E-state index contributed by atoms with van der Waals surface area (Å²) in [7, 11) is 8.23. The standard InChI is InChI=1S/C28H34N2O2/c1-29(2)25-17-13-23(14-18-25)28(24-15-19-26(20-16-24)30(3)4)22-11-9-21(10-12-22)7-5-6-8-27(31)32/h9-20,28H,5-8H2,1-4H3,(H,31,32). The summed E-state index contributed by atoms with van der Waals surface area (Å²) >= 11 is 0. The van der Waals surface area contributed by atoms with Crippen LogP contribution in [0.3, 0.4) is 0 Å². The molecule has 0 radical (unpaired) electrons. The summed E-state index contributed by atoms with van der Waals surface area (Å²) in [6.45, 7) is 0. The van der Waals surface area contributed by atoms with Crippen molar-refractivity contribution in [3.63, 3.8) is 0 Å². The molecule has 1 N–H and O–H groups in total. The summed E-state index contributed by atoms with van der Waals surface area (Å²) in [5, 5.41) is 8.81. The fourth-order valence-electron chi connectivity index (χ4n) is 3.99. The molecule has 0 heterocycles. The van der Waals surface area contributed by atoms with Gasteiger partial charge in [-0.05, 0) is 65.8 Å². The van der Waals surface area contributed by atoms with Gasteiger partial charge in [0, 0.05) is 51.9 Å². The second kappa shape index (κ2) is 10.9. The predicted octanol–water partition coefficient (Wildman–Crippen LogP) is 5.80. The van der Waals surface area contributed by atoms with Crippen LogP contribution in [-0.4, -0.2) is 39.3 Å². The van der Waals surface area contributed by atoms with E-state index < -0.39 is 5.97 Å². The van der Waals surface area contributed by atoms with Crippen molar-refractivity contribution in [2.24, 2.45) is 0 Å². The van der Waals surface area contributed by atoms with Gasteiger partial charge in [0.1, 0.15) is 0 Å². The Labute approximate surface area is 192 Å². The van der Waals surface area contributed by atoms with E-state index in [2.05, 4.69) is 111 Å². The van der Waals surface area contributed by atoms with Crippen LogP contribution >= 0.6 is 0 Å². The summed E-state index contributed by atoms with van der Waals surface area (Å²) in [5.74, 6) is -0.563. The van der Waals surface area contributed by atoms with Crippen molar-refractivity contribution in [1.82, 2.24) is 0 Å². The Hall–Kier alpha value is -3.27. The third-order valence-electron chi connectivity index (χ3n) is 5.90. The lowest BCUT2D eigenvalue weighted by Gasteiger charge is -2.22. The Balaban J connectivity index is 1.87. The van der Waals surface area contributed by atoms with E-state index in [-0.39, 0.29) is 12.3 Å². The Morgan fingerprint density at radius 2 is 1.09 bits per heavy atom. The number of unbranched alkanes of at least 4 members (excludes halogenated alkanes) is 1. The number of rotatable bonds is 10. The van der Waals surface area contributed by atoms with Gasteiger partial charge in [0.2, 0.25) is 0 Å². The summed E-state index contributed by atoms with van der Waals surface area (Å²) in [5.41, 5.74) is 7.42. The molecule has 0 aromatic heterocycles. The quantitative estimate of drug-likeness (QED) is 0.326. The summed E-state index contributed by atoms with van der Waals surface area (Å²) < 4.78 is 0. The SMILES string of the molecule is CN(C)c1ccc(C(c2ccc(CCCCC(=O)O)cc2)c2ccc(N(C)C)cc2)cc1. The molecule has 32 heavy (non-hydrogen) atoms. The van der Waals surface area contributed by atoms with E-state index in [0.29, 0.717) is 0 Å². The smallest absolute Gasteiger partial charge is 0.303 e.